The molecule has 2 fully saturated rings. The zero-order valence-corrected chi connectivity index (χ0v) is 21.3. The van der Waals surface area contributed by atoms with E-state index in [2.05, 4.69) is 16.1 Å². The van der Waals surface area contributed by atoms with Crippen LogP contribution < -0.4 is 9.46 Å². The van der Waals surface area contributed by atoms with E-state index in [0.29, 0.717) is 19.0 Å². The van der Waals surface area contributed by atoms with E-state index < -0.39 is 0 Å². The van der Waals surface area contributed by atoms with Crippen molar-refractivity contribution in [3.63, 3.8) is 0 Å². The first kappa shape index (κ1) is 24.9. The summed E-state index contributed by atoms with van der Waals surface area (Å²) in [6.07, 6.45) is 0.714. The number of ether oxygens (including phenoxy) is 3. The molecule has 3 unspecified atom stereocenters. The predicted octanol–water partition coefficient (Wildman–Crippen LogP) is 4.17. The Balaban J connectivity index is 1.35. The van der Waals surface area contributed by atoms with E-state index in [-0.39, 0.29) is 18.1 Å². The number of carbonyl (C=O) groups is 1. The molecule has 2 aromatic rings. The Morgan fingerprint density at radius 1 is 1.21 bits per heavy atom. The van der Waals surface area contributed by atoms with Gasteiger partial charge < -0.3 is 23.8 Å². The molecule has 2 aliphatic heterocycles. The molecule has 4 rings (SSSR count). The fourth-order valence-corrected chi connectivity index (χ4v) is 5.13. The average molecular weight is 486 g/mol. The summed E-state index contributed by atoms with van der Waals surface area (Å²) in [6, 6.07) is 13.9. The number of hydrogen-bond donors (Lipinski definition) is 1. The van der Waals surface area contributed by atoms with Crippen LogP contribution >= 0.6 is 12.1 Å². The van der Waals surface area contributed by atoms with Crippen molar-refractivity contribution in [2.75, 3.05) is 51.7 Å². The van der Waals surface area contributed by atoms with Crippen LogP contribution in [0.5, 0.6) is 5.75 Å². The minimum atomic E-state index is -0.230. The first-order chi connectivity index (χ1) is 16.4. The average Bonchev–Trinajstić information content (AvgIpc) is 3.49. The zero-order chi connectivity index (χ0) is 24.1. The lowest BCUT2D eigenvalue weighted by molar-refractivity contribution is 0.0340. The third-order valence-electron chi connectivity index (χ3n) is 6.41. The summed E-state index contributed by atoms with van der Waals surface area (Å²) in [5, 5.41) is 0. The maximum atomic E-state index is 13.2. The highest BCUT2D eigenvalue weighted by Gasteiger charge is 2.37. The molecule has 0 saturated carbocycles. The van der Waals surface area contributed by atoms with Crippen molar-refractivity contribution in [2.24, 2.45) is 5.92 Å². The molecule has 7 nitrogen and oxygen atoms in total. The molecule has 0 aliphatic carbocycles. The number of rotatable bonds is 9. The van der Waals surface area contributed by atoms with Crippen LogP contribution in [0.15, 0.2) is 42.5 Å². The Morgan fingerprint density at radius 3 is 2.79 bits per heavy atom. The lowest BCUT2D eigenvalue weighted by Gasteiger charge is -2.21. The first-order valence-corrected chi connectivity index (χ1v) is 12.6. The summed E-state index contributed by atoms with van der Waals surface area (Å²) in [5.74, 6) is 1.37. The second-order valence-corrected chi connectivity index (χ2v) is 10.2. The molecule has 0 bridgehead atoms. The van der Waals surface area contributed by atoms with Gasteiger partial charge in [-0.2, -0.15) is 0 Å². The van der Waals surface area contributed by atoms with Crippen LogP contribution in [0.3, 0.4) is 0 Å². The van der Waals surface area contributed by atoms with Gasteiger partial charge in [-0.25, -0.2) is 4.31 Å². The minimum Gasteiger partial charge on any atom is -0.486 e. The van der Waals surface area contributed by atoms with Crippen LogP contribution in [0, 0.1) is 19.8 Å². The molecule has 184 valence electrons. The van der Waals surface area contributed by atoms with Crippen LogP contribution in [0.1, 0.15) is 27.9 Å². The number of likely N-dealkylation sites (tertiary alicyclic amines) is 1. The number of nitrogens with one attached hydrogen (secondary N) is 1. The lowest BCUT2D eigenvalue weighted by Crippen LogP contribution is -2.32. The van der Waals surface area contributed by atoms with Gasteiger partial charge in [0.2, 0.25) is 0 Å². The molecule has 34 heavy (non-hydrogen) atoms. The van der Waals surface area contributed by atoms with E-state index in [1.807, 2.05) is 61.2 Å². The molecular weight excluding hydrogens is 450 g/mol. The standard InChI is InChI=1S/C26H35N3O4S/c1-18-8-9-19(2)23(12-18)26(30)29-15-24(31-4)25(16-29)33-22-7-5-6-21(13-22)27-34-28(3)14-20-10-11-32-17-20/h5-9,12-13,20,24-25,27H,10-11,14-17H2,1-4H3. The third kappa shape index (κ3) is 6.24. The lowest BCUT2D eigenvalue weighted by atomic mass is 10.0. The minimum absolute atomic E-state index is 0.0249. The highest BCUT2D eigenvalue weighted by atomic mass is 32.2. The largest absolute Gasteiger partial charge is 0.486 e. The molecular formula is C26H35N3O4S. The molecule has 0 radical (unpaired) electrons. The van der Waals surface area contributed by atoms with Gasteiger partial charge in [0.15, 0.2) is 0 Å². The Hall–Kier alpha value is -2.26. The normalized spacial score (nSPS) is 22.4. The number of anilines is 1. The Kier molecular flexibility index (Phi) is 8.37. The molecule has 2 heterocycles. The molecule has 2 saturated heterocycles. The van der Waals surface area contributed by atoms with Crippen LogP contribution in [0.25, 0.3) is 0 Å². The molecule has 0 aromatic heterocycles. The highest BCUT2D eigenvalue weighted by Crippen LogP contribution is 2.27. The third-order valence-corrected chi connectivity index (χ3v) is 7.20. The molecule has 2 aromatic carbocycles. The highest BCUT2D eigenvalue weighted by molar-refractivity contribution is 7.98. The van der Waals surface area contributed by atoms with E-state index in [1.54, 1.807) is 19.2 Å². The molecule has 1 amide bonds. The van der Waals surface area contributed by atoms with E-state index >= 15 is 0 Å². The SMILES string of the molecule is COC1CN(C(=O)c2cc(C)ccc2C)CC1Oc1cccc(NSN(C)CC2CCOC2)c1. The predicted molar refractivity (Wildman–Crippen MR) is 136 cm³/mol. The fourth-order valence-electron chi connectivity index (χ4n) is 4.45. The number of benzene rings is 2. The van der Waals surface area contributed by atoms with Crippen molar-refractivity contribution in [3.05, 3.63) is 59.2 Å². The van der Waals surface area contributed by atoms with Crippen molar-refractivity contribution in [1.29, 1.82) is 0 Å². The number of amides is 1. The second-order valence-electron chi connectivity index (χ2n) is 9.22. The number of aryl methyl sites for hydroxylation is 2. The molecule has 3 atom stereocenters. The van der Waals surface area contributed by atoms with Crippen molar-refractivity contribution in [3.8, 4) is 5.75 Å². The number of hydrogen-bond acceptors (Lipinski definition) is 7. The van der Waals surface area contributed by atoms with Gasteiger partial charge in [0, 0.05) is 49.7 Å². The van der Waals surface area contributed by atoms with E-state index in [1.165, 1.54) is 0 Å². The van der Waals surface area contributed by atoms with Crippen molar-refractivity contribution in [2.45, 2.75) is 32.5 Å². The van der Waals surface area contributed by atoms with Crippen LogP contribution in [0.4, 0.5) is 5.69 Å². The van der Waals surface area contributed by atoms with Crippen LogP contribution in [-0.2, 0) is 9.47 Å². The van der Waals surface area contributed by atoms with Crippen LogP contribution in [0.2, 0.25) is 0 Å². The van der Waals surface area contributed by atoms with E-state index in [4.69, 9.17) is 14.2 Å². The van der Waals surface area contributed by atoms with Gasteiger partial charge in [-0.1, -0.05) is 23.8 Å². The smallest absolute Gasteiger partial charge is 0.254 e. The molecule has 0 spiro atoms. The van der Waals surface area contributed by atoms with Crippen molar-refractivity contribution >= 4 is 23.7 Å². The van der Waals surface area contributed by atoms with Gasteiger partial charge in [0.25, 0.3) is 5.91 Å². The van der Waals surface area contributed by atoms with Gasteiger partial charge in [-0.15, -0.1) is 0 Å². The maximum absolute atomic E-state index is 13.2. The topological polar surface area (TPSA) is 63.3 Å². The van der Waals surface area contributed by atoms with Crippen molar-refractivity contribution < 1.29 is 19.0 Å². The zero-order valence-electron chi connectivity index (χ0n) is 20.5. The van der Waals surface area contributed by atoms with Gasteiger partial charge in [-0.05, 0) is 57.0 Å². The van der Waals surface area contributed by atoms with Crippen LogP contribution in [-0.4, -0.2) is 74.3 Å². The van der Waals surface area contributed by atoms with Gasteiger partial charge in [-0.3, -0.25) is 4.79 Å². The summed E-state index contributed by atoms with van der Waals surface area (Å²) in [6.45, 7) is 7.67. The number of methoxy groups -OCH3 is 1. The summed E-state index contributed by atoms with van der Waals surface area (Å²) in [5.41, 5.74) is 3.77. The fraction of sp³-hybridized carbons (Fsp3) is 0.500. The number of nitrogens with zero attached hydrogens (tertiary/aromatic N) is 2. The summed E-state index contributed by atoms with van der Waals surface area (Å²) in [7, 11) is 3.76. The summed E-state index contributed by atoms with van der Waals surface area (Å²) < 4.78 is 23.0. The first-order valence-electron chi connectivity index (χ1n) is 11.8. The molecule has 8 heteroatoms. The quantitative estimate of drug-likeness (QED) is 0.535. The van der Waals surface area contributed by atoms with Crippen molar-refractivity contribution in [1.82, 2.24) is 9.21 Å². The Morgan fingerprint density at radius 2 is 2.03 bits per heavy atom. The van der Waals surface area contributed by atoms with Gasteiger partial charge in [0.1, 0.15) is 18.0 Å². The summed E-state index contributed by atoms with van der Waals surface area (Å²) in [4.78, 5) is 15.0. The van der Waals surface area contributed by atoms with E-state index in [9.17, 15) is 4.79 Å². The second kappa shape index (κ2) is 11.4. The van der Waals surface area contributed by atoms with Gasteiger partial charge in [0.05, 0.1) is 19.7 Å². The van der Waals surface area contributed by atoms with Gasteiger partial charge >= 0.3 is 0 Å². The monoisotopic (exact) mass is 485 g/mol. The van der Waals surface area contributed by atoms with E-state index in [0.717, 1.165) is 54.3 Å². The maximum Gasteiger partial charge on any atom is 0.254 e. The Labute approximate surface area is 207 Å². The number of carbonyl (C=O) groups excluding carboxylic acids is 1. The molecule has 1 N–H and O–H groups in total. The Bertz CT molecular complexity index is 982. The molecule has 2 aliphatic rings. The summed E-state index contributed by atoms with van der Waals surface area (Å²) >= 11 is 1.57.